The fourth-order valence-electron chi connectivity index (χ4n) is 7.17. The number of nitrogens with one attached hydrogen (secondary N) is 1. The highest BCUT2D eigenvalue weighted by Crippen LogP contribution is 2.32. The monoisotopic (exact) mass is 710 g/mol. The number of carbonyl (C=O) groups excluding carboxylic acids is 3. The number of hydrogen-bond donors (Lipinski definition) is 1. The van der Waals surface area contributed by atoms with Crippen molar-refractivity contribution in [2.45, 2.75) is 31.5 Å². The molecular formula is C37H36ClFN8O4. The highest BCUT2D eigenvalue weighted by Gasteiger charge is 2.41. The van der Waals surface area contributed by atoms with Gasteiger partial charge in [0.25, 0.3) is 5.91 Å². The Morgan fingerprint density at radius 3 is 2.63 bits per heavy atom. The smallest absolute Gasteiger partial charge is 0.257 e. The molecule has 2 atom stereocenters. The van der Waals surface area contributed by atoms with Crippen LogP contribution in [-0.4, -0.2) is 110 Å². The van der Waals surface area contributed by atoms with E-state index in [2.05, 4.69) is 27.6 Å². The van der Waals surface area contributed by atoms with Gasteiger partial charge in [0.1, 0.15) is 23.7 Å². The summed E-state index contributed by atoms with van der Waals surface area (Å²) in [6, 6.07) is 16.9. The minimum Gasteiger partial charge on any atom is -0.488 e. The number of likely N-dealkylation sites (tertiary alicyclic amines) is 1. The zero-order valence-corrected chi connectivity index (χ0v) is 28.5. The number of rotatable bonds is 2. The third-order valence-electron chi connectivity index (χ3n) is 9.87. The van der Waals surface area contributed by atoms with Crippen LogP contribution in [0.15, 0.2) is 79.3 Å². The van der Waals surface area contributed by atoms with Crippen molar-refractivity contribution in [2.75, 3.05) is 45.8 Å². The van der Waals surface area contributed by atoms with Crippen LogP contribution in [0.25, 0.3) is 27.7 Å². The van der Waals surface area contributed by atoms with Crippen LogP contribution in [0.2, 0.25) is 5.02 Å². The van der Waals surface area contributed by atoms with Gasteiger partial charge in [-0.3, -0.25) is 24.0 Å². The van der Waals surface area contributed by atoms with E-state index in [-0.39, 0.29) is 48.3 Å². The maximum absolute atomic E-state index is 14.0. The number of ether oxygens (including phenoxy) is 1. The van der Waals surface area contributed by atoms with Gasteiger partial charge < -0.3 is 19.9 Å². The Bertz CT molecular complexity index is 2130. The number of halogens is 2. The maximum atomic E-state index is 14.0. The molecule has 2 saturated heterocycles. The van der Waals surface area contributed by atoms with Crippen molar-refractivity contribution >= 4 is 40.2 Å². The van der Waals surface area contributed by atoms with Gasteiger partial charge in [-0.2, -0.15) is 10.2 Å². The topological polar surface area (TPSA) is 118 Å². The third kappa shape index (κ3) is 6.78. The molecule has 0 aliphatic carbocycles. The Labute approximate surface area is 298 Å². The summed E-state index contributed by atoms with van der Waals surface area (Å²) in [5.41, 5.74) is 3.53. The molecule has 1 N–H and O–H groups in total. The lowest BCUT2D eigenvalue weighted by Gasteiger charge is -2.34. The first-order valence-corrected chi connectivity index (χ1v) is 17.5. The number of fused-ring (bicyclic) bond motifs is 7. The van der Waals surface area contributed by atoms with Crippen LogP contribution in [0.1, 0.15) is 23.2 Å². The molecule has 9 rings (SSSR count). The van der Waals surface area contributed by atoms with Crippen molar-refractivity contribution in [1.82, 2.24) is 39.6 Å². The number of amides is 3. The first-order valence-electron chi connectivity index (χ1n) is 17.1. The van der Waals surface area contributed by atoms with Gasteiger partial charge in [0, 0.05) is 69.9 Å². The van der Waals surface area contributed by atoms with Crippen molar-refractivity contribution in [3.05, 3.63) is 95.7 Å². The fourth-order valence-corrected chi connectivity index (χ4v) is 7.43. The van der Waals surface area contributed by atoms with E-state index in [9.17, 15) is 18.8 Å². The second-order valence-corrected chi connectivity index (χ2v) is 13.5. The molecule has 3 aromatic carbocycles. The molecule has 5 aromatic rings. The summed E-state index contributed by atoms with van der Waals surface area (Å²) in [5.74, 6) is -0.671. The first-order chi connectivity index (χ1) is 24.8. The van der Waals surface area contributed by atoms with Gasteiger partial charge in [-0.05, 0) is 47.5 Å². The molecule has 4 aliphatic heterocycles. The minimum absolute atomic E-state index is 0.0183. The SMILES string of the molecule is O=C1NCCC(=O)N2CCN(CC2)CCn2cc3c(cccc3n2)-c2cccc(c2)O[C@H]2C[C@@H]1N(C(=O)c1cnn(-c3ccc(F)cc3Cl)c1)C2. The van der Waals surface area contributed by atoms with Gasteiger partial charge in [0.05, 0.1) is 41.1 Å². The molecule has 0 unspecified atom stereocenters. The summed E-state index contributed by atoms with van der Waals surface area (Å²) in [7, 11) is 0. The zero-order valence-electron chi connectivity index (χ0n) is 27.8. The third-order valence-corrected chi connectivity index (χ3v) is 10.2. The predicted molar refractivity (Wildman–Crippen MR) is 188 cm³/mol. The molecule has 0 radical (unpaired) electrons. The Morgan fingerprint density at radius 1 is 0.961 bits per heavy atom. The summed E-state index contributed by atoms with van der Waals surface area (Å²) < 4.78 is 23.5. The van der Waals surface area contributed by atoms with E-state index in [1.807, 2.05) is 46.0 Å². The van der Waals surface area contributed by atoms with Crippen molar-refractivity contribution < 1.29 is 23.5 Å². The van der Waals surface area contributed by atoms with E-state index in [4.69, 9.17) is 21.4 Å². The summed E-state index contributed by atoms with van der Waals surface area (Å²) in [6.07, 6.45) is 4.90. The van der Waals surface area contributed by atoms with Crippen LogP contribution in [-0.2, 0) is 16.1 Å². The summed E-state index contributed by atoms with van der Waals surface area (Å²) in [4.78, 5) is 46.5. The predicted octanol–water partition coefficient (Wildman–Crippen LogP) is 4.01. The minimum atomic E-state index is -0.848. The van der Waals surface area contributed by atoms with Crippen LogP contribution < -0.4 is 10.1 Å². The number of carbonyl (C=O) groups is 3. The number of aromatic nitrogens is 4. The Morgan fingerprint density at radius 2 is 1.78 bits per heavy atom. The summed E-state index contributed by atoms with van der Waals surface area (Å²) in [5, 5.41) is 13.2. The van der Waals surface area contributed by atoms with E-state index < -0.39 is 23.9 Å². The summed E-state index contributed by atoms with van der Waals surface area (Å²) >= 11 is 6.25. The quantitative estimate of drug-likeness (QED) is 0.294. The van der Waals surface area contributed by atoms with Crippen LogP contribution in [0.4, 0.5) is 4.39 Å². The number of benzene rings is 3. The molecule has 8 bridgehead atoms. The lowest BCUT2D eigenvalue weighted by atomic mass is 10.0. The van der Waals surface area contributed by atoms with Gasteiger partial charge >= 0.3 is 0 Å². The van der Waals surface area contributed by atoms with Gasteiger partial charge in [0.2, 0.25) is 11.8 Å². The van der Waals surface area contributed by atoms with E-state index in [1.54, 1.807) is 0 Å². The maximum Gasteiger partial charge on any atom is 0.257 e. The zero-order chi connectivity index (χ0) is 35.1. The van der Waals surface area contributed by atoms with E-state index in [0.29, 0.717) is 24.5 Å². The lowest BCUT2D eigenvalue weighted by Crippen LogP contribution is -2.50. The normalized spacial score (nSPS) is 21.3. The van der Waals surface area contributed by atoms with Crippen molar-refractivity contribution in [1.29, 1.82) is 0 Å². The van der Waals surface area contributed by atoms with Gasteiger partial charge in [-0.25, -0.2) is 9.07 Å². The fraction of sp³-hybridized carbons (Fsp3) is 0.324. The molecule has 2 fully saturated rings. The second kappa shape index (κ2) is 13.8. The van der Waals surface area contributed by atoms with Crippen LogP contribution >= 0.6 is 11.6 Å². The van der Waals surface area contributed by atoms with E-state index in [1.165, 1.54) is 40.2 Å². The average molecular weight is 711 g/mol. The van der Waals surface area contributed by atoms with Gasteiger partial charge in [0.15, 0.2) is 0 Å². The Kier molecular flexibility index (Phi) is 8.90. The number of hydrogen-bond acceptors (Lipinski definition) is 7. The molecule has 262 valence electrons. The summed E-state index contributed by atoms with van der Waals surface area (Å²) in [6.45, 7) is 4.62. The second-order valence-electron chi connectivity index (χ2n) is 13.1. The highest BCUT2D eigenvalue weighted by atomic mass is 35.5. The standard InChI is InChI=1S/C37H36ClFN8O4/c38-31-18-26(39)7-8-33(31)47-21-25(20-41-47)37(50)46-22-28-19-34(46)36(49)40-10-9-35(48)44-14-11-43(12-15-44)13-16-45-23-30-29(5-2-6-32(30)42-45)24-3-1-4-27(17-24)51-28/h1-8,17-18,20-21,23,28,34H,9-16,19,22H2,(H,40,49)/t28-,34-/m0/s1. The number of piperazine rings is 1. The molecule has 0 saturated carbocycles. The molecule has 0 spiro atoms. The van der Waals surface area contributed by atoms with Crippen LogP contribution in [0.3, 0.4) is 0 Å². The van der Waals surface area contributed by atoms with Gasteiger partial charge in [-0.1, -0.05) is 35.9 Å². The molecular weight excluding hydrogens is 675 g/mol. The molecule has 6 heterocycles. The van der Waals surface area contributed by atoms with Crippen LogP contribution in [0, 0.1) is 5.82 Å². The number of nitrogens with zero attached hydrogens (tertiary/aromatic N) is 7. The molecule has 14 heteroatoms. The highest BCUT2D eigenvalue weighted by molar-refractivity contribution is 6.32. The Hall–Kier alpha value is -5.27. The molecule has 2 aromatic heterocycles. The van der Waals surface area contributed by atoms with E-state index >= 15 is 0 Å². The van der Waals surface area contributed by atoms with Crippen molar-refractivity contribution in [3.8, 4) is 22.6 Å². The van der Waals surface area contributed by atoms with Crippen molar-refractivity contribution in [3.63, 3.8) is 0 Å². The lowest BCUT2D eigenvalue weighted by molar-refractivity contribution is -0.133. The molecule has 51 heavy (non-hydrogen) atoms. The Balaban J connectivity index is 1.09. The van der Waals surface area contributed by atoms with E-state index in [0.717, 1.165) is 48.2 Å². The molecule has 3 amide bonds. The van der Waals surface area contributed by atoms with Gasteiger partial charge in [-0.15, -0.1) is 0 Å². The molecule has 12 nitrogen and oxygen atoms in total. The first kappa shape index (κ1) is 32.9. The average Bonchev–Trinajstić information content (AvgIpc) is 3.89. The largest absolute Gasteiger partial charge is 0.488 e. The van der Waals surface area contributed by atoms with Crippen molar-refractivity contribution in [2.24, 2.45) is 0 Å². The van der Waals surface area contributed by atoms with Crippen LogP contribution in [0.5, 0.6) is 5.75 Å². The molecule has 4 aliphatic rings.